The normalized spacial score (nSPS) is 10.9. The van der Waals surface area contributed by atoms with E-state index in [2.05, 4.69) is 15.5 Å². The van der Waals surface area contributed by atoms with Gasteiger partial charge in [-0.3, -0.25) is 15.5 Å². The summed E-state index contributed by atoms with van der Waals surface area (Å²) in [6.07, 6.45) is 2.79. The van der Waals surface area contributed by atoms with Crippen LogP contribution in [0.1, 0.15) is 5.76 Å². The molecular weight excluding hydrogens is 315 g/mol. The van der Waals surface area contributed by atoms with Crippen molar-refractivity contribution in [2.24, 2.45) is 5.10 Å². The van der Waals surface area contributed by atoms with Gasteiger partial charge in [0.05, 0.1) is 11.1 Å². The van der Waals surface area contributed by atoms with E-state index < -0.39 is 4.92 Å². The number of pyridine rings is 1. The second-order valence-corrected chi connectivity index (χ2v) is 4.71. The lowest BCUT2D eigenvalue weighted by Gasteiger charge is -1.99. The van der Waals surface area contributed by atoms with Gasteiger partial charge < -0.3 is 4.42 Å². The van der Waals surface area contributed by atoms with Crippen molar-refractivity contribution in [2.45, 2.75) is 0 Å². The predicted molar refractivity (Wildman–Crippen MR) is 86.2 cm³/mol. The molecule has 1 aromatic carbocycles. The summed E-state index contributed by atoms with van der Waals surface area (Å²) in [5.41, 5.74) is 3.05. The van der Waals surface area contributed by atoms with Gasteiger partial charge in [0.25, 0.3) is 0 Å². The number of aromatic nitrogens is 1. The van der Waals surface area contributed by atoms with Gasteiger partial charge in [-0.25, -0.2) is 9.37 Å². The summed E-state index contributed by atoms with van der Waals surface area (Å²) in [6.45, 7) is 0. The summed E-state index contributed by atoms with van der Waals surface area (Å²) >= 11 is 0. The standard InChI is InChI=1S/C16H11FN4O3/c17-12-5-3-11(4-6-12)15-8-7-13(24-15)10-19-20-16-14(21(22)23)2-1-9-18-16/h1-10H,(H,18,20)/b19-10-. The summed E-state index contributed by atoms with van der Waals surface area (Å²) in [7, 11) is 0. The van der Waals surface area contributed by atoms with Crippen LogP contribution < -0.4 is 5.43 Å². The largest absolute Gasteiger partial charge is 0.455 e. The van der Waals surface area contributed by atoms with Gasteiger partial charge in [-0.2, -0.15) is 5.10 Å². The summed E-state index contributed by atoms with van der Waals surface area (Å²) in [4.78, 5) is 14.2. The molecule has 7 nitrogen and oxygen atoms in total. The van der Waals surface area contributed by atoms with E-state index in [1.807, 2.05) is 0 Å². The molecule has 120 valence electrons. The zero-order valence-corrected chi connectivity index (χ0v) is 12.2. The van der Waals surface area contributed by atoms with Crippen molar-refractivity contribution >= 4 is 17.7 Å². The Labute approximate surface area is 135 Å². The number of halogens is 1. The maximum absolute atomic E-state index is 12.9. The molecular formula is C16H11FN4O3. The van der Waals surface area contributed by atoms with Crippen molar-refractivity contribution in [1.29, 1.82) is 0 Å². The lowest BCUT2D eigenvalue weighted by molar-refractivity contribution is -0.384. The van der Waals surface area contributed by atoms with Gasteiger partial charge in [0.2, 0.25) is 5.82 Å². The molecule has 3 rings (SSSR count). The van der Waals surface area contributed by atoms with Crippen molar-refractivity contribution in [3.05, 3.63) is 76.4 Å². The third-order valence-corrected chi connectivity index (χ3v) is 3.10. The summed E-state index contributed by atoms with van der Waals surface area (Å²) in [5, 5.41) is 14.7. The molecule has 2 heterocycles. The molecule has 0 radical (unpaired) electrons. The van der Waals surface area contributed by atoms with E-state index in [0.29, 0.717) is 11.5 Å². The fourth-order valence-electron chi connectivity index (χ4n) is 1.98. The number of hydrogen-bond donors (Lipinski definition) is 1. The second-order valence-electron chi connectivity index (χ2n) is 4.71. The number of rotatable bonds is 5. The van der Waals surface area contributed by atoms with Crippen LogP contribution in [0, 0.1) is 15.9 Å². The minimum atomic E-state index is -0.551. The number of anilines is 1. The first kappa shape index (κ1) is 15.3. The fourth-order valence-corrected chi connectivity index (χ4v) is 1.98. The minimum absolute atomic E-state index is 0.0315. The van der Waals surface area contributed by atoms with Gasteiger partial charge in [-0.15, -0.1) is 0 Å². The first-order valence-electron chi connectivity index (χ1n) is 6.88. The minimum Gasteiger partial charge on any atom is -0.455 e. The molecule has 2 aromatic heterocycles. The van der Waals surface area contributed by atoms with Gasteiger partial charge in [-0.1, -0.05) is 0 Å². The number of furan rings is 1. The molecule has 3 aromatic rings. The Balaban J connectivity index is 1.72. The maximum Gasteiger partial charge on any atom is 0.313 e. The highest BCUT2D eigenvalue weighted by Gasteiger charge is 2.13. The number of nitrogens with one attached hydrogen (secondary N) is 1. The van der Waals surface area contributed by atoms with E-state index in [1.54, 1.807) is 24.3 Å². The smallest absolute Gasteiger partial charge is 0.313 e. The van der Waals surface area contributed by atoms with E-state index in [4.69, 9.17) is 4.42 Å². The third-order valence-electron chi connectivity index (χ3n) is 3.10. The van der Waals surface area contributed by atoms with Gasteiger partial charge >= 0.3 is 5.69 Å². The molecule has 0 fully saturated rings. The van der Waals surface area contributed by atoms with Gasteiger partial charge in [0, 0.05) is 17.8 Å². The van der Waals surface area contributed by atoms with Crippen LogP contribution in [0.5, 0.6) is 0 Å². The van der Waals surface area contributed by atoms with Crippen molar-refractivity contribution < 1.29 is 13.7 Å². The summed E-state index contributed by atoms with van der Waals surface area (Å²) < 4.78 is 18.5. The predicted octanol–water partition coefficient (Wildman–Crippen LogP) is 3.83. The number of nitro groups is 1. The highest BCUT2D eigenvalue weighted by molar-refractivity contribution is 5.78. The summed E-state index contributed by atoms with van der Waals surface area (Å²) in [5.74, 6) is 0.693. The quantitative estimate of drug-likeness (QED) is 0.437. The van der Waals surface area contributed by atoms with E-state index in [-0.39, 0.29) is 17.3 Å². The Morgan fingerprint density at radius 3 is 2.75 bits per heavy atom. The van der Waals surface area contributed by atoms with E-state index in [0.717, 1.165) is 5.56 Å². The molecule has 0 atom stereocenters. The Morgan fingerprint density at radius 2 is 2.00 bits per heavy atom. The number of nitrogens with zero attached hydrogens (tertiary/aromatic N) is 3. The average molecular weight is 326 g/mol. The summed E-state index contributed by atoms with van der Waals surface area (Å²) in [6, 6.07) is 12.1. The second kappa shape index (κ2) is 6.69. The van der Waals surface area contributed by atoms with E-state index in [9.17, 15) is 14.5 Å². The highest BCUT2D eigenvalue weighted by atomic mass is 19.1. The molecule has 0 aliphatic carbocycles. The molecule has 0 aliphatic heterocycles. The third kappa shape index (κ3) is 3.43. The Morgan fingerprint density at radius 1 is 1.21 bits per heavy atom. The van der Waals surface area contributed by atoms with Crippen LogP contribution in [-0.2, 0) is 0 Å². The molecule has 8 heteroatoms. The Bertz CT molecular complexity index is 890. The molecule has 0 unspecified atom stereocenters. The van der Waals surface area contributed by atoms with Crippen LogP contribution in [-0.4, -0.2) is 16.1 Å². The van der Waals surface area contributed by atoms with Crippen LogP contribution in [0.25, 0.3) is 11.3 Å². The lowest BCUT2D eigenvalue weighted by Crippen LogP contribution is -1.98. The topological polar surface area (TPSA) is 93.6 Å². The lowest BCUT2D eigenvalue weighted by atomic mass is 10.2. The highest BCUT2D eigenvalue weighted by Crippen LogP contribution is 2.22. The zero-order chi connectivity index (χ0) is 16.9. The van der Waals surface area contributed by atoms with Gasteiger partial charge in [0.1, 0.15) is 17.3 Å². The molecule has 0 spiro atoms. The average Bonchev–Trinajstić information content (AvgIpc) is 3.05. The first-order chi connectivity index (χ1) is 11.6. The monoisotopic (exact) mass is 326 g/mol. The van der Waals surface area contributed by atoms with Crippen molar-refractivity contribution in [1.82, 2.24) is 4.98 Å². The van der Waals surface area contributed by atoms with Crippen LogP contribution in [0.15, 0.2) is 64.2 Å². The molecule has 0 saturated carbocycles. The molecule has 0 amide bonds. The molecule has 0 saturated heterocycles. The fraction of sp³-hybridized carbons (Fsp3) is 0. The van der Waals surface area contributed by atoms with Crippen molar-refractivity contribution in [3.8, 4) is 11.3 Å². The van der Waals surface area contributed by atoms with E-state index >= 15 is 0 Å². The maximum atomic E-state index is 12.9. The Hall–Kier alpha value is -3.55. The van der Waals surface area contributed by atoms with Crippen molar-refractivity contribution in [2.75, 3.05) is 5.43 Å². The van der Waals surface area contributed by atoms with Crippen LogP contribution in [0.4, 0.5) is 15.9 Å². The van der Waals surface area contributed by atoms with Gasteiger partial charge in [-0.05, 0) is 42.5 Å². The number of hydrogen-bond acceptors (Lipinski definition) is 6. The first-order valence-corrected chi connectivity index (χ1v) is 6.88. The molecule has 24 heavy (non-hydrogen) atoms. The Kier molecular flexibility index (Phi) is 4.28. The van der Waals surface area contributed by atoms with Crippen molar-refractivity contribution in [3.63, 3.8) is 0 Å². The molecule has 0 aliphatic rings. The SMILES string of the molecule is O=[N+]([O-])c1cccnc1N/N=C\c1ccc(-c2ccc(F)cc2)o1. The molecule has 0 bridgehead atoms. The van der Waals surface area contributed by atoms with Crippen LogP contribution in [0.2, 0.25) is 0 Å². The number of benzene rings is 1. The van der Waals surface area contributed by atoms with Crippen LogP contribution >= 0.6 is 0 Å². The zero-order valence-electron chi connectivity index (χ0n) is 12.2. The van der Waals surface area contributed by atoms with Crippen LogP contribution in [0.3, 0.4) is 0 Å². The number of hydrazone groups is 1. The van der Waals surface area contributed by atoms with Gasteiger partial charge in [0.15, 0.2) is 0 Å². The van der Waals surface area contributed by atoms with E-state index in [1.165, 1.54) is 36.7 Å². The molecule has 1 N–H and O–H groups in total.